The monoisotopic (exact) mass is 386 g/mol. The van der Waals surface area contributed by atoms with Crippen molar-refractivity contribution in [3.05, 3.63) is 24.3 Å². The summed E-state index contributed by atoms with van der Waals surface area (Å²) in [4.78, 5) is 24.3. The number of rotatable bonds is 6. The Morgan fingerprint density at radius 1 is 1.15 bits per heavy atom. The molecule has 2 aromatic rings. The molecule has 0 bridgehead atoms. The van der Waals surface area contributed by atoms with Gasteiger partial charge in [0.2, 0.25) is 5.91 Å². The number of carbonyl (C=O) groups excluding carboxylic acids is 1. The number of thioether (sulfide) groups is 1. The zero-order valence-corrected chi connectivity index (χ0v) is 16.3. The molecule has 1 aromatic heterocycles. The van der Waals surface area contributed by atoms with Gasteiger partial charge < -0.3 is 15.0 Å². The Morgan fingerprint density at radius 3 is 2.67 bits per heavy atom. The van der Waals surface area contributed by atoms with Crippen LogP contribution < -0.4 is 10.2 Å². The molecule has 1 N–H and O–H groups in total. The Bertz CT molecular complexity index is 789. The average molecular weight is 387 g/mol. The summed E-state index contributed by atoms with van der Waals surface area (Å²) in [7, 11) is 0. The Balaban J connectivity index is 1.46. The summed E-state index contributed by atoms with van der Waals surface area (Å²) in [6, 6.07) is 7.94. The van der Waals surface area contributed by atoms with Crippen LogP contribution in [0.4, 0.5) is 5.82 Å². The number of benzene rings is 1. The third kappa shape index (κ3) is 4.71. The van der Waals surface area contributed by atoms with E-state index in [2.05, 4.69) is 10.2 Å². The zero-order chi connectivity index (χ0) is 18.5. The highest BCUT2D eigenvalue weighted by atomic mass is 32.2. The molecule has 3 heterocycles. The summed E-state index contributed by atoms with van der Waals surface area (Å²) in [5.74, 6) is 1.29. The van der Waals surface area contributed by atoms with Gasteiger partial charge in [0, 0.05) is 26.2 Å². The first-order chi connectivity index (χ1) is 13.3. The van der Waals surface area contributed by atoms with Crippen molar-refractivity contribution >= 4 is 34.5 Å². The second kappa shape index (κ2) is 8.89. The van der Waals surface area contributed by atoms with Crippen molar-refractivity contribution in [3.8, 4) is 0 Å². The van der Waals surface area contributed by atoms with E-state index >= 15 is 0 Å². The lowest BCUT2D eigenvalue weighted by molar-refractivity contribution is -0.119. The Labute approximate surface area is 164 Å². The van der Waals surface area contributed by atoms with Crippen LogP contribution in [-0.4, -0.2) is 54.0 Å². The van der Waals surface area contributed by atoms with Gasteiger partial charge in [0.15, 0.2) is 5.82 Å². The Morgan fingerprint density at radius 2 is 1.93 bits per heavy atom. The van der Waals surface area contributed by atoms with Gasteiger partial charge >= 0.3 is 0 Å². The van der Waals surface area contributed by atoms with Gasteiger partial charge in [0.1, 0.15) is 5.03 Å². The molecule has 1 aromatic carbocycles. The smallest absolute Gasteiger partial charge is 0.230 e. The molecule has 2 aliphatic heterocycles. The number of nitrogens with zero attached hydrogens (tertiary/aromatic N) is 3. The molecule has 2 fully saturated rings. The number of carbonyl (C=O) groups is 1. The molecule has 0 aliphatic carbocycles. The van der Waals surface area contributed by atoms with E-state index in [1.165, 1.54) is 31.0 Å². The Hall–Kier alpha value is -1.86. The van der Waals surface area contributed by atoms with Gasteiger partial charge in [-0.25, -0.2) is 9.97 Å². The number of nitrogens with one attached hydrogen (secondary N) is 1. The molecule has 0 saturated carbocycles. The standard InChI is InChI=1S/C20H26N4O2S/c25-18(21-13-15-7-6-12-26-15)14-27-20-19(24-10-4-1-5-11-24)22-16-8-2-3-9-17(16)23-20/h2-3,8-9,15H,1,4-7,10-14H2,(H,21,25). The molecule has 0 spiro atoms. The summed E-state index contributed by atoms with van der Waals surface area (Å²) in [5, 5.41) is 3.83. The van der Waals surface area contributed by atoms with Crippen LogP contribution in [-0.2, 0) is 9.53 Å². The van der Waals surface area contributed by atoms with Crippen LogP contribution in [0.15, 0.2) is 29.3 Å². The first kappa shape index (κ1) is 18.5. The number of piperidine rings is 1. The fourth-order valence-corrected chi connectivity index (χ4v) is 4.44. The first-order valence-corrected chi connectivity index (χ1v) is 10.8. The number of anilines is 1. The van der Waals surface area contributed by atoms with E-state index in [4.69, 9.17) is 14.7 Å². The molecule has 144 valence electrons. The molecular weight excluding hydrogens is 360 g/mol. The lowest BCUT2D eigenvalue weighted by atomic mass is 10.1. The quantitative estimate of drug-likeness (QED) is 0.770. The number of para-hydroxylation sites is 2. The maximum absolute atomic E-state index is 12.3. The van der Waals surface area contributed by atoms with Crippen molar-refractivity contribution in [1.29, 1.82) is 0 Å². The van der Waals surface area contributed by atoms with E-state index in [0.717, 1.165) is 54.4 Å². The average Bonchev–Trinajstić information content (AvgIpc) is 3.24. The third-order valence-corrected chi connectivity index (χ3v) is 6.02. The van der Waals surface area contributed by atoms with Crippen molar-refractivity contribution in [1.82, 2.24) is 15.3 Å². The highest BCUT2D eigenvalue weighted by molar-refractivity contribution is 8.00. The summed E-state index contributed by atoms with van der Waals surface area (Å²) in [5.41, 5.74) is 1.78. The van der Waals surface area contributed by atoms with Crippen LogP contribution in [0.5, 0.6) is 0 Å². The maximum atomic E-state index is 12.3. The normalized spacial score (nSPS) is 20.1. The molecule has 7 heteroatoms. The molecule has 6 nitrogen and oxygen atoms in total. The number of ether oxygens (including phenoxy) is 1. The van der Waals surface area contributed by atoms with Crippen LogP contribution in [0.2, 0.25) is 0 Å². The van der Waals surface area contributed by atoms with Crippen molar-refractivity contribution in [2.45, 2.75) is 43.2 Å². The SMILES string of the molecule is O=C(CSc1nc2ccccc2nc1N1CCCCC1)NCC1CCCO1. The van der Waals surface area contributed by atoms with E-state index in [9.17, 15) is 4.79 Å². The number of hydrogen-bond donors (Lipinski definition) is 1. The van der Waals surface area contributed by atoms with Gasteiger partial charge in [-0.05, 0) is 44.2 Å². The van der Waals surface area contributed by atoms with Gasteiger partial charge in [-0.1, -0.05) is 23.9 Å². The molecule has 2 saturated heterocycles. The van der Waals surface area contributed by atoms with Crippen molar-refractivity contribution in [2.75, 3.05) is 36.9 Å². The van der Waals surface area contributed by atoms with Crippen molar-refractivity contribution < 1.29 is 9.53 Å². The van der Waals surface area contributed by atoms with E-state index < -0.39 is 0 Å². The summed E-state index contributed by atoms with van der Waals surface area (Å²) >= 11 is 1.48. The third-order valence-electron chi connectivity index (χ3n) is 5.07. The van der Waals surface area contributed by atoms with Gasteiger partial charge in [0.05, 0.1) is 22.9 Å². The Kier molecular flexibility index (Phi) is 6.09. The summed E-state index contributed by atoms with van der Waals surface area (Å²) < 4.78 is 5.56. The van der Waals surface area contributed by atoms with E-state index in [0.29, 0.717) is 12.3 Å². The molecule has 1 atom stereocenters. The predicted octanol–water partition coefficient (Wildman–Crippen LogP) is 3.01. The van der Waals surface area contributed by atoms with Crippen molar-refractivity contribution in [2.24, 2.45) is 0 Å². The van der Waals surface area contributed by atoms with Gasteiger partial charge in [-0.2, -0.15) is 0 Å². The van der Waals surface area contributed by atoms with Gasteiger partial charge in [-0.3, -0.25) is 4.79 Å². The second-order valence-corrected chi connectivity index (χ2v) is 8.08. The van der Waals surface area contributed by atoms with Gasteiger partial charge in [0.25, 0.3) is 0 Å². The minimum Gasteiger partial charge on any atom is -0.376 e. The second-order valence-electron chi connectivity index (χ2n) is 7.12. The summed E-state index contributed by atoms with van der Waals surface area (Å²) in [6.45, 7) is 3.42. The minimum absolute atomic E-state index is 0.0232. The molecule has 4 rings (SSSR count). The number of fused-ring (bicyclic) bond motifs is 1. The van der Waals surface area contributed by atoms with Crippen molar-refractivity contribution in [3.63, 3.8) is 0 Å². The van der Waals surface area contributed by atoms with Crippen LogP contribution in [0.25, 0.3) is 11.0 Å². The summed E-state index contributed by atoms with van der Waals surface area (Å²) in [6.07, 6.45) is 5.92. The lowest BCUT2D eigenvalue weighted by Gasteiger charge is -2.29. The highest BCUT2D eigenvalue weighted by Gasteiger charge is 2.20. The predicted molar refractivity (Wildman–Crippen MR) is 108 cm³/mol. The molecular formula is C20H26N4O2S. The lowest BCUT2D eigenvalue weighted by Crippen LogP contribution is -2.33. The molecule has 0 radical (unpaired) electrons. The molecule has 27 heavy (non-hydrogen) atoms. The molecule has 2 aliphatic rings. The number of hydrogen-bond acceptors (Lipinski definition) is 6. The van der Waals surface area contributed by atoms with E-state index in [1.807, 2.05) is 24.3 Å². The van der Waals surface area contributed by atoms with E-state index in [-0.39, 0.29) is 12.0 Å². The fourth-order valence-electron chi connectivity index (χ4n) is 3.60. The molecule has 1 unspecified atom stereocenters. The first-order valence-electron chi connectivity index (χ1n) is 9.82. The minimum atomic E-state index is 0.0232. The molecule has 1 amide bonds. The number of aromatic nitrogens is 2. The van der Waals surface area contributed by atoms with Crippen LogP contribution >= 0.6 is 11.8 Å². The highest BCUT2D eigenvalue weighted by Crippen LogP contribution is 2.30. The van der Waals surface area contributed by atoms with Crippen LogP contribution in [0.3, 0.4) is 0 Å². The van der Waals surface area contributed by atoms with Gasteiger partial charge in [-0.15, -0.1) is 0 Å². The van der Waals surface area contributed by atoms with Crippen LogP contribution in [0.1, 0.15) is 32.1 Å². The number of amides is 1. The fraction of sp³-hybridized carbons (Fsp3) is 0.550. The van der Waals surface area contributed by atoms with Crippen LogP contribution in [0, 0.1) is 0 Å². The van der Waals surface area contributed by atoms with E-state index in [1.54, 1.807) is 0 Å². The topological polar surface area (TPSA) is 67.4 Å². The largest absolute Gasteiger partial charge is 0.376 e. The maximum Gasteiger partial charge on any atom is 0.230 e. The zero-order valence-electron chi connectivity index (χ0n) is 15.5.